The van der Waals surface area contributed by atoms with E-state index in [1.165, 1.54) is 7.11 Å². The van der Waals surface area contributed by atoms with E-state index in [-0.39, 0.29) is 12.0 Å². The third-order valence-electron chi connectivity index (χ3n) is 3.75. The first-order chi connectivity index (χ1) is 9.48. The lowest BCUT2D eigenvalue weighted by atomic mass is 9.93. The summed E-state index contributed by atoms with van der Waals surface area (Å²) in [7, 11) is 1.45. The second kappa shape index (κ2) is 8.60. The number of carbonyl (C=O) groups excluding carboxylic acids is 1. The number of methoxy groups -OCH3 is 1. The molecule has 1 aliphatic heterocycles. The van der Waals surface area contributed by atoms with Crippen LogP contribution in [0, 0.1) is 0 Å². The fraction of sp³-hybridized carbons (Fsp3) is 0.933. The number of morpholine rings is 1. The summed E-state index contributed by atoms with van der Waals surface area (Å²) in [4.78, 5) is 14.4. The summed E-state index contributed by atoms with van der Waals surface area (Å²) in [6, 6.07) is 0.262. The van der Waals surface area contributed by atoms with Crippen molar-refractivity contribution in [3.8, 4) is 0 Å². The number of rotatable bonds is 8. The highest BCUT2D eigenvalue weighted by atomic mass is 16.5. The lowest BCUT2D eigenvalue weighted by Gasteiger charge is -2.31. The average molecular weight is 286 g/mol. The van der Waals surface area contributed by atoms with E-state index >= 15 is 0 Å². The van der Waals surface area contributed by atoms with E-state index in [1.54, 1.807) is 0 Å². The van der Waals surface area contributed by atoms with E-state index in [4.69, 9.17) is 9.47 Å². The SMILES string of the molecule is COC(=O)C(C)(CCCCN1CCOCC1)NC(C)C. The number of ether oxygens (including phenoxy) is 2. The molecule has 5 nitrogen and oxygen atoms in total. The summed E-state index contributed by atoms with van der Waals surface area (Å²) < 4.78 is 10.3. The van der Waals surface area contributed by atoms with Crippen LogP contribution in [0.1, 0.15) is 40.0 Å². The maximum absolute atomic E-state index is 12.0. The average Bonchev–Trinajstić information content (AvgIpc) is 2.43. The van der Waals surface area contributed by atoms with Gasteiger partial charge in [0.2, 0.25) is 0 Å². The van der Waals surface area contributed by atoms with E-state index in [0.29, 0.717) is 0 Å². The van der Waals surface area contributed by atoms with E-state index in [2.05, 4.69) is 24.1 Å². The van der Waals surface area contributed by atoms with Gasteiger partial charge in [-0.15, -0.1) is 0 Å². The Morgan fingerprint density at radius 2 is 2.00 bits per heavy atom. The molecule has 0 aliphatic carbocycles. The Morgan fingerprint density at radius 1 is 1.35 bits per heavy atom. The van der Waals surface area contributed by atoms with Crippen molar-refractivity contribution in [2.24, 2.45) is 0 Å². The highest BCUT2D eigenvalue weighted by Crippen LogP contribution is 2.17. The Bertz CT molecular complexity index is 291. The van der Waals surface area contributed by atoms with Crippen LogP contribution in [0.4, 0.5) is 0 Å². The van der Waals surface area contributed by atoms with Gasteiger partial charge in [-0.25, -0.2) is 0 Å². The van der Waals surface area contributed by atoms with Crippen LogP contribution in [-0.4, -0.2) is 62.4 Å². The quantitative estimate of drug-likeness (QED) is 0.540. The third-order valence-corrected chi connectivity index (χ3v) is 3.75. The molecule has 0 radical (unpaired) electrons. The predicted octanol–water partition coefficient (Wildman–Crippen LogP) is 1.42. The minimum absolute atomic E-state index is 0.169. The van der Waals surface area contributed by atoms with Crippen LogP contribution in [-0.2, 0) is 14.3 Å². The first kappa shape index (κ1) is 17.4. The minimum atomic E-state index is -0.575. The Balaban J connectivity index is 2.32. The van der Waals surface area contributed by atoms with Gasteiger partial charge in [0.25, 0.3) is 0 Å². The van der Waals surface area contributed by atoms with Crippen LogP contribution < -0.4 is 5.32 Å². The van der Waals surface area contributed by atoms with Crippen molar-refractivity contribution in [3.63, 3.8) is 0 Å². The zero-order valence-electron chi connectivity index (χ0n) is 13.4. The van der Waals surface area contributed by atoms with E-state index in [0.717, 1.165) is 52.1 Å². The molecule has 20 heavy (non-hydrogen) atoms. The van der Waals surface area contributed by atoms with Crippen molar-refractivity contribution in [3.05, 3.63) is 0 Å². The molecule has 1 heterocycles. The van der Waals surface area contributed by atoms with Gasteiger partial charge >= 0.3 is 5.97 Å². The predicted molar refractivity (Wildman–Crippen MR) is 79.8 cm³/mol. The van der Waals surface area contributed by atoms with Crippen molar-refractivity contribution in [2.45, 2.75) is 51.6 Å². The van der Waals surface area contributed by atoms with Gasteiger partial charge in [0.05, 0.1) is 20.3 Å². The van der Waals surface area contributed by atoms with Crippen molar-refractivity contribution in [1.29, 1.82) is 0 Å². The van der Waals surface area contributed by atoms with Gasteiger partial charge in [0, 0.05) is 19.1 Å². The molecule has 0 saturated carbocycles. The van der Waals surface area contributed by atoms with E-state index < -0.39 is 5.54 Å². The Hall–Kier alpha value is -0.650. The van der Waals surface area contributed by atoms with E-state index in [1.807, 2.05) is 6.92 Å². The molecule has 0 aromatic carbocycles. The molecule has 1 saturated heterocycles. The van der Waals surface area contributed by atoms with Gasteiger partial charge < -0.3 is 9.47 Å². The number of esters is 1. The summed E-state index contributed by atoms with van der Waals surface area (Å²) in [6.07, 6.45) is 2.93. The smallest absolute Gasteiger partial charge is 0.325 e. The standard InChI is InChI=1S/C15H30N2O3/c1-13(2)16-15(3,14(18)19-4)7-5-6-8-17-9-11-20-12-10-17/h13,16H,5-12H2,1-4H3. The number of carbonyl (C=O) groups is 1. The molecule has 0 bridgehead atoms. The monoisotopic (exact) mass is 286 g/mol. The molecular formula is C15H30N2O3. The molecular weight excluding hydrogens is 256 g/mol. The normalized spacial score (nSPS) is 19.9. The molecule has 0 aromatic heterocycles. The van der Waals surface area contributed by atoms with E-state index in [9.17, 15) is 4.79 Å². The molecule has 1 aliphatic rings. The molecule has 1 atom stereocenters. The lowest BCUT2D eigenvalue weighted by Crippen LogP contribution is -2.53. The minimum Gasteiger partial charge on any atom is -0.468 e. The number of hydrogen-bond donors (Lipinski definition) is 1. The van der Waals surface area contributed by atoms with Crippen LogP contribution in [0.5, 0.6) is 0 Å². The Morgan fingerprint density at radius 3 is 2.55 bits per heavy atom. The molecule has 1 unspecified atom stereocenters. The van der Waals surface area contributed by atoms with Gasteiger partial charge in [-0.05, 0) is 46.6 Å². The number of nitrogens with one attached hydrogen (secondary N) is 1. The molecule has 0 aromatic rings. The van der Waals surface area contributed by atoms with Crippen LogP contribution >= 0.6 is 0 Å². The van der Waals surface area contributed by atoms with Gasteiger partial charge in [0.1, 0.15) is 5.54 Å². The zero-order chi connectivity index (χ0) is 15.0. The molecule has 1 rings (SSSR count). The van der Waals surface area contributed by atoms with Crippen molar-refractivity contribution >= 4 is 5.97 Å². The van der Waals surface area contributed by atoms with Crippen LogP contribution in [0.25, 0.3) is 0 Å². The number of hydrogen-bond acceptors (Lipinski definition) is 5. The van der Waals surface area contributed by atoms with Gasteiger partial charge in [0.15, 0.2) is 0 Å². The topological polar surface area (TPSA) is 50.8 Å². The summed E-state index contributed by atoms with van der Waals surface area (Å²) in [5.41, 5.74) is -0.575. The maximum atomic E-state index is 12.0. The van der Waals surface area contributed by atoms with Crippen molar-refractivity contribution < 1.29 is 14.3 Å². The summed E-state index contributed by atoms with van der Waals surface area (Å²) >= 11 is 0. The Labute approximate surface area is 123 Å². The van der Waals surface area contributed by atoms with Gasteiger partial charge in [-0.3, -0.25) is 15.0 Å². The van der Waals surface area contributed by atoms with Crippen LogP contribution in [0.15, 0.2) is 0 Å². The highest BCUT2D eigenvalue weighted by molar-refractivity contribution is 5.80. The fourth-order valence-corrected chi connectivity index (χ4v) is 2.73. The largest absolute Gasteiger partial charge is 0.468 e. The highest BCUT2D eigenvalue weighted by Gasteiger charge is 2.34. The third kappa shape index (κ3) is 5.77. The molecule has 5 heteroatoms. The second-order valence-corrected chi connectivity index (χ2v) is 6.03. The second-order valence-electron chi connectivity index (χ2n) is 6.03. The van der Waals surface area contributed by atoms with Crippen LogP contribution in [0.3, 0.4) is 0 Å². The molecule has 1 N–H and O–H groups in total. The lowest BCUT2D eigenvalue weighted by molar-refractivity contribution is -0.148. The molecule has 118 valence electrons. The summed E-state index contributed by atoms with van der Waals surface area (Å²) in [5, 5.41) is 3.34. The fourth-order valence-electron chi connectivity index (χ4n) is 2.73. The number of unbranched alkanes of at least 4 members (excludes halogenated alkanes) is 1. The zero-order valence-corrected chi connectivity index (χ0v) is 13.4. The molecule has 1 fully saturated rings. The summed E-state index contributed by atoms with van der Waals surface area (Å²) in [6.45, 7) is 10.9. The Kier molecular flexibility index (Phi) is 7.48. The van der Waals surface area contributed by atoms with Crippen molar-refractivity contribution in [1.82, 2.24) is 10.2 Å². The maximum Gasteiger partial charge on any atom is 0.325 e. The van der Waals surface area contributed by atoms with Gasteiger partial charge in [-0.2, -0.15) is 0 Å². The van der Waals surface area contributed by atoms with Crippen molar-refractivity contribution in [2.75, 3.05) is 40.0 Å². The first-order valence-electron chi connectivity index (χ1n) is 7.64. The van der Waals surface area contributed by atoms with Crippen LogP contribution in [0.2, 0.25) is 0 Å². The molecule has 0 spiro atoms. The first-order valence-corrected chi connectivity index (χ1v) is 7.64. The number of nitrogens with zero attached hydrogens (tertiary/aromatic N) is 1. The molecule has 0 amide bonds. The summed E-state index contributed by atoms with van der Waals surface area (Å²) in [5.74, 6) is -0.169. The van der Waals surface area contributed by atoms with Gasteiger partial charge in [-0.1, -0.05) is 0 Å².